The number of nitrogens with zero attached hydrogens (tertiary/aromatic N) is 1. The Morgan fingerprint density at radius 1 is 1.00 bits per heavy atom. The molecule has 0 aromatic heterocycles. The summed E-state index contributed by atoms with van der Waals surface area (Å²) in [4.78, 5) is 13.1. The number of nitrogens with one attached hydrogen (secondary N) is 1. The number of anilines is 1. The number of carbonyl (C=O) groups excluding carboxylic acids is 1. The highest BCUT2D eigenvalue weighted by Crippen LogP contribution is 2.28. The van der Waals surface area contributed by atoms with Gasteiger partial charge in [-0.1, -0.05) is 41.8 Å². The molecule has 156 valence electrons. The van der Waals surface area contributed by atoms with Crippen molar-refractivity contribution in [3.8, 4) is 0 Å². The molecule has 2 aromatic carbocycles. The van der Waals surface area contributed by atoms with Crippen molar-refractivity contribution in [3.63, 3.8) is 0 Å². The van der Waals surface area contributed by atoms with E-state index in [0.29, 0.717) is 17.9 Å². The first-order valence-electron chi connectivity index (χ1n) is 10.1. The summed E-state index contributed by atoms with van der Waals surface area (Å²) in [5.41, 5.74) is 5.03. The van der Waals surface area contributed by atoms with E-state index < -0.39 is 10.0 Å². The van der Waals surface area contributed by atoms with E-state index in [4.69, 9.17) is 0 Å². The summed E-state index contributed by atoms with van der Waals surface area (Å²) in [7, 11) is -3.62. The Hall–Kier alpha value is -2.18. The van der Waals surface area contributed by atoms with Gasteiger partial charge in [-0.05, 0) is 63.8 Å². The Bertz CT molecular complexity index is 974. The molecular weight excluding hydrogens is 384 g/mol. The molecule has 5 nitrogen and oxygen atoms in total. The van der Waals surface area contributed by atoms with Gasteiger partial charge in [0.2, 0.25) is 15.9 Å². The molecular formula is C23H30N2O3S. The van der Waals surface area contributed by atoms with Gasteiger partial charge in [-0.25, -0.2) is 8.42 Å². The summed E-state index contributed by atoms with van der Waals surface area (Å²) >= 11 is 0. The lowest BCUT2D eigenvalue weighted by molar-refractivity contribution is -0.117. The minimum Gasteiger partial charge on any atom is -0.326 e. The van der Waals surface area contributed by atoms with Crippen LogP contribution in [-0.2, 0) is 14.8 Å². The van der Waals surface area contributed by atoms with Crippen molar-refractivity contribution in [3.05, 3.63) is 58.7 Å². The van der Waals surface area contributed by atoms with Gasteiger partial charge in [0.05, 0.1) is 4.90 Å². The van der Waals surface area contributed by atoms with Crippen molar-refractivity contribution in [1.82, 2.24) is 4.31 Å². The van der Waals surface area contributed by atoms with Gasteiger partial charge < -0.3 is 5.32 Å². The lowest BCUT2D eigenvalue weighted by Crippen LogP contribution is -2.45. The molecule has 0 spiro atoms. The van der Waals surface area contributed by atoms with E-state index >= 15 is 0 Å². The normalized spacial score (nSPS) is 17.9. The average molecular weight is 415 g/mol. The molecule has 1 fully saturated rings. The van der Waals surface area contributed by atoms with Crippen LogP contribution < -0.4 is 5.32 Å². The second kappa shape index (κ2) is 8.67. The molecule has 0 aliphatic carbocycles. The van der Waals surface area contributed by atoms with Crippen LogP contribution in [0.3, 0.4) is 0 Å². The summed E-state index contributed by atoms with van der Waals surface area (Å²) in [5, 5.41) is 3.01. The maximum atomic E-state index is 13.2. The molecule has 29 heavy (non-hydrogen) atoms. The largest absolute Gasteiger partial charge is 0.326 e. The van der Waals surface area contributed by atoms with Gasteiger partial charge >= 0.3 is 0 Å². The fourth-order valence-corrected chi connectivity index (χ4v) is 5.81. The van der Waals surface area contributed by atoms with Crippen LogP contribution in [0.4, 0.5) is 5.69 Å². The first-order chi connectivity index (χ1) is 13.7. The van der Waals surface area contributed by atoms with E-state index in [1.54, 1.807) is 12.1 Å². The van der Waals surface area contributed by atoms with E-state index in [1.165, 1.54) is 4.31 Å². The number of hydrogen-bond acceptors (Lipinski definition) is 3. The van der Waals surface area contributed by atoms with Gasteiger partial charge in [0.25, 0.3) is 0 Å². The smallest absolute Gasteiger partial charge is 0.243 e. The third-order valence-corrected chi connectivity index (χ3v) is 7.53. The fourth-order valence-electron chi connectivity index (χ4n) is 4.12. The average Bonchev–Trinajstić information content (AvgIpc) is 2.65. The maximum Gasteiger partial charge on any atom is 0.243 e. The number of rotatable bonds is 5. The Morgan fingerprint density at radius 2 is 1.62 bits per heavy atom. The predicted molar refractivity (Wildman–Crippen MR) is 117 cm³/mol. The molecule has 1 atom stereocenters. The molecule has 1 aliphatic heterocycles. The van der Waals surface area contributed by atoms with Crippen LogP contribution in [0.2, 0.25) is 0 Å². The Kier molecular flexibility index (Phi) is 6.44. The molecule has 0 radical (unpaired) electrons. The summed E-state index contributed by atoms with van der Waals surface area (Å²) < 4.78 is 27.9. The van der Waals surface area contributed by atoms with Crippen LogP contribution in [-0.4, -0.2) is 31.2 Å². The quantitative estimate of drug-likeness (QED) is 0.784. The standard InChI is InChI=1S/C23H30N2O3S/c1-16-8-10-21(11-9-16)29(27,28)25-12-6-5-7-20(25)15-22(26)24-23-18(3)13-17(2)14-19(23)4/h8-11,13-14,20H,5-7,12,15H2,1-4H3,(H,24,26). The molecule has 1 aliphatic rings. The zero-order chi connectivity index (χ0) is 21.2. The number of benzene rings is 2. The summed E-state index contributed by atoms with van der Waals surface area (Å²) in [5.74, 6) is -0.143. The molecule has 0 bridgehead atoms. The van der Waals surface area contributed by atoms with Gasteiger partial charge in [-0.2, -0.15) is 4.31 Å². The van der Waals surface area contributed by atoms with Gasteiger partial charge in [0.15, 0.2) is 0 Å². The molecule has 3 rings (SSSR count). The molecule has 1 amide bonds. The lowest BCUT2D eigenvalue weighted by Gasteiger charge is -2.34. The zero-order valence-corrected chi connectivity index (χ0v) is 18.5. The highest BCUT2D eigenvalue weighted by Gasteiger charge is 2.34. The fraction of sp³-hybridized carbons (Fsp3) is 0.435. The van der Waals surface area contributed by atoms with Gasteiger partial charge in [-0.3, -0.25) is 4.79 Å². The first-order valence-corrected chi connectivity index (χ1v) is 11.6. The van der Waals surface area contributed by atoms with Crippen molar-refractivity contribution >= 4 is 21.6 Å². The topological polar surface area (TPSA) is 66.5 Å². The Morgan fingerprint density at radius 3 is 2.24 bits per heavy atom. The van der Waals surface area contributed by atoms with Crippen LogP contribution in [0.5, 0.6) is 0 Å². The van der Waals surface area contributed by atoms with Crippen LogP contribution in [0.15, 0.2) is 41.3 Å². The van der Waals surface area contributed by atoms with Crippen molar-refractivity contribution in [1.29, 1.82) is 0 Å². The van der Waals surface area contributed by atoms with Gasteiger partial charge in [0.1, 0.15) is 0 Å². The number of carbonyl (C=O) groups is 1. The van der Waals surface area contributed by atoms with E-state index in [1.807, 2.05) is 52.0 Å². The number of amides is 1. The summed E-state index contributed by atoms with van der Waals surface area (Å²) in [6, 6.07) is 10.7. The third kappa shape index (κ3) is 4.87. The van der Waals surface area contributed by atoms with Crippen LogP contribution in [0.25, 0.3) is 0 Å². The van der Waals surface area contributed by atoms with Crippen molar-refractivity contribution < 1.29 is 13.2 Å². The minimum absolute atomic E-state index is 0.143. The second-order valence-corrected chi connectivity index (χ2v) is 9.99. The number of piperidine rings is 1. The zero-order valence-electron chi connectivity index (χ0n) is 17.7. The van der Waals surface area contributed by atoms with E-state index in [2.05, 4.69) is 5.32 Å². The summed E-state index contributed by atoms with van der Waals surface area (Å²) in [6.07, 6.45) is 2.61. The van der Waals surface area contributed by atoms with E-state index in [9.17, 15) is 13.2 Å². The third-order valence-electron chi connectivity index (χ3n) is 5.56. The molecule has 6 heteroatoms. The van der Waals surface area contributed by atoms with Crippen LogP contribution >= 0.6 is 0 Å². The molecule has 2 aromatic rings. The maximum absolute atomic E-state index is 13.2. The Labute approximate surface area is 174 Å². The lowest BCUT2D eigenvalue weighted by atomic mass is 10.0. The van der Waals surface area contributed by atoms with Crippen LogP contribution in [0.1, 0.15) is 47.9 Å². The minimum atomic E-state index is -3.62. The number of aryl methyl sites for hydroxylation is 4. The number of sulfonamides is 1. The summed E-state index contributed by atoms with van der Waals surface area (Å²) in [6.45, 7) is 8.37. The molecule has 1 unspecified atom stereocenters. The first kappa shape index (κ1) is 21.5. The van der Waals surface area contributed by atoms with E-state index in [-0.39, 0.29) is 18.4 Å². The predicted octanol–water partition coefficient (Wildman–Crippen LogP) is 4.49. The molecule has 1 heterocycles. The highest BCUT2D eigenvalue weighted by atomic mass is 32.2. The number of hydrogen-bond donors (Lipinski definition) is 1. The van der Waals surface area contributed by atoms with E-state index in [0.717, 1.165) is 40.8 Å². The van der Waals surface area contributed by atoms with Gasteiger partial charge in [-0.15, -0.1) is 0 Å². The van der Waals surface area contributed by atoms with Crippen LogP contribution in [0, 0.1) is 27.7 Å². The molecule has 0 saturated carbocycles. The highest BCUT2D eigenvalue weighted by molar-refractivity contribution is 7.89. The monoisotopic (exact) mass is 414 g/mol. The van der Waals surface area contributed by atoms with Crippen molar-refractivity contribution in [2.45, 2.75) is 64.3 Å². The molecule has 1 saturated heterocycles. The SMILES string of the molecule is Cc1ccc(S(=O)(=O)N2CCCCC2CC(=O)Nc2c(C)cc(C)cc2C)cc1. The van der Waals surface area contributed by atoms with Gasteiger partial charge in [0, 0.05) is 24.7 Å². The van der Waals surface area contributed by atoms with Crippen molar-refractivity contribution in [2.24, 2.45) is 0 Å². The second-order valence-electron chi connectivity index (χ2n) is 8.10. The molecule has 1 N–H and O–H groups in total. The Balaban J connectivity index is 1.78. The van der Waals surface area contributed by atoms with Crippen molar-refractivity contribution in [2.75, 3.05) is 11.9 Å².